The van der Waals surface area contributed by atoms with E-state index in [2.05, 4.69) is 10.4 Å². The van der Waals surface area contributed by atoms with Crippen LogP contribution in [-0.2, 0) is 23.1 Å². The first-order valence-corrected chi connectivity index (χ1v) is 8.92. The number of hydrogen-bond acceptors (Lipinski definition) is 5. The maximum atomic E-state index is 12.1. The van der Waals surface area contributed by atoms with Gasteiger partial charge in [-0.3, -0.25) is 9.48 Å². The largest absolute Gasteiger partial charge is 0.454 e. The van der Waals surface area contributed by atoms with Crippen LogP contribution in [0.3, 0.4) is 0 Å². The van der Waals surface area contributed by atoms with Crippen molar-refractivity contribution in [3.05, 3.63) is 71.9 Å². The van der Waals surface area contributed by atoms with Crippen LogP contribution in [0.15, 0.2) is 64.2 Å². The third-order valence-corrected chi connectivity index (χ3v) is 4.40. The van der Waals surface area contributed by atoms with Crippen LogP contribution in [0.1, 0.15) is 21.9 Å². The first-order chi connectivity index (χ1) is 11.9. The molecule has 8 nitrogen and oxygen atoms in total. The zero-order valence-corrected chi connectivity index (χ0v) is 13.9. The van der Waals surface area contributed by atoms with Crippen molar-refractivity contribution in [3.63, 3.8) is 0 Å². The molecule has 2 aromatic heterocycles. The fourth-order valence-corrected chi connectivity index (χ4v) is 2.72. The molecule has 25 heavy (non-hydrogen) atoms. The summed E-state index contributed by atoms with van der Waals surface area (Å²) in [5, 5.41) is 11.8. The van der Waals surface area contributed by atoms with Crippen molar-refractivity contribution >= 4 is 15.9 Å². The summed E-state index contributed by atoms with van der Waals surface area (Å²) in [7, 11) is -3.72. The summed E-state index contributed by atoms with van der Waals surface area (Å²) in [6.45, 7) is 0.675. The van der Waals surface area contributed by atoms with Crippen molar-refractivity contribution < 1.29 is 17.6 Å². The van der Waals surface area contributed by atoms with E-state index in [9.17, 15) is 13.2 Å². The number of nitrogens with one attached hydrogen (secondary N) is 1. The van der Waals surface area contributed by atoms with Gasteiger partial charge in [0.15, 0.2) is 5.76 Å². The number of hydrogen-bond donors (Lipinski definition) is 2. The Kier molecular flexibility index (Phi) is 4.68. The van der Waals surface area contributed by atoms with E-state index in [-0.39, 0.29) is 23.1 Å². The second-order valence-corrected chi connectivity index (χ2v) is 6.90. The Morgan fingerprint density at radius 3 is 2.60 bits per heavy atom. The van der Waals surface area contributed by atoms with Crippen LogP contribution in [0.5, 0.6) is 0 Å². The van der Waals surface area contributed by atoms with E-state index >= 15 is 0 Å². The fourth-order valence-electron chi connectivity index (χ4n) is 2.21. The van der Waals surface area contributed by atoms with E-state index < -0.39 is 10.0 Å². The third kappa shape index (κ3) is 4.34. The van der Waals surface area contributed by atoms with Gasteiger partial charge >= 0.3 is 0 Å². The molecule has 0 unspecified atom stereocenters. The van der Waals surface area contributed by atoms with Crippen LogP contribution in [0.4, 0.5) is 0 Å². The van der Waals surface area contributed by atoms with Crippen LogP contribution >= 0.6 is 0 Å². The van der Waals surface area contributed by atoms with E-state index in [0.29, 0.717) is 12.3 Å². The summed E-state index contributed by atoms with van der Waals surface area (Å²) in [6, 6.07) is 11.1. The van der Waals surface area contributed by atoms with Crippen molar-refractivity contribution in [2.24, 2.45) is 5.14 Å². The van der Waals surface area contributed by atoms with Crippen LogP contribution in [0.2, 0.25) is 0 Å². The highest BCUT2D eigenvalue weighted by Crippen LogP contribution is 2.11. The molecule has 0 aliphatic heterocycles. The van der Waals surface area contributed by atoms with Gasteiger partial charge in [-0.15, -0.1) is 0 Å². The number of nitrogens with two attached hydrogens (primary N) is 1. The van der Waals surface area contributed by atoms with E-state index in [1.165, 1.54) is 12.1 Å². The van der Waals surface area contributed by atoms with Crippen LogP contribution in [0.25, 0.3) is 0 Å². The molecule has 0 atom stereocenters. The van der Waals surface area contributed by atoms with Crippen molar-refractivity contribution in [2.45, 2.75) is 18.0 Å². The monoisotopic (exact) mass is 360 g/mol. The van der Waals surface area contributed by atoms with Gasteiger partial charge in [0.05, 0.1) is 11.4 Å². The molecule has 0 saturated carbocycles. The number of primary sulfonamides is 1. The molecule has 3 aromatic rings. The van der Waals surface area contributed by atoms with Gasteiger partial charge in [-0.05, 0) is 35.9 Å². The van der Waals surface area contributed by atoms with Gasteiger partial charge in [-0.25, -0.2) is 13.6 Å². The highest BCUT2D eigenvalue weighted by molar-refractivity contribution is 7.89. The summed E-state index contributed by atoms with van der Waals surface area (Å²) in [5.41, 5.74) is 0.740. The number of sulfonamides is 1. The van der Waals surface area contributed by atoms with Gasteiger partial charge in [-0.1, -0.05) is 12.1 Å². The second kappa shape index (κ2) is 6.91. The smallest absolute Gasteiger partial charge is 0.287 e. The summed E-state index contributed by atoms with van der Waals surface area (Å²) in [6.07, 6.45) is 3.46. The Balaban J connectivity index is 1.58. The van der Waals surface area contributed by atoms with Crippen molar-refractivity contribution in [3.8, 4) is 0 Å². The highest BCUT2D eigenvalue weighted by atomic mass is 32.2. The van der Waals surface area contributed by atoms with Gasteiger partial charge < -0.3 is 9.73 Å². The molecule has 0 saturated heterocycles. The lowest BCUT2D eigenvalue weighted by atomic mass is 10.2. The summed E-state index contributed by atoms with van der Waals surface area (Å²) < 4.78 is 29.6. The van der Waals surface area contributed by atoms with Crippen molar-refractivity contribution in [2.75, 3.05) is 0 Å². The first kappa shape index (κ1) is 16.9. The molecular formula is C16H16N4O4S. The summed E-state index contributed by atoms with van der Waals surface area (Å²) in [5.74, 6) is 0.455. The minimum absolute atomic E-state index is 0.0249. The summed E-state index contributed by atoms with van der Waals surface area (Å²) in [4.78, 5) is 12.1. The predicted octanol–water partition coefficient (Wildman–Crippen LogP) is 1.10. The topological polar surface area (TPSA) is 120 Å². The van der Waals surface area contributed by atoms with E-state index in [0.717, 1.165) is 5.56 Å². The third-order valence-electron chi connectivity index (χ3n) is 3.47. The number of carbonyl (C=O) groups excluding carboxylic acids is 1. The molecule has 0 spiro atoms. The lowest BCUT2D eigenvalue weighted by Crippen LogP contribution is -2.22. The maximum absolute atomic E-state index is 12.1. The lowest BCUT2D eigenvalue weighted by molar-refractivity contribution is 0.0921. The predicted molar refractivity (Wildman–Crippen MR) is 89.0 cm³/mol. The molecule has 0 aliphatic carbocycles. The Bertz CT molecular complexity index is 960. The standard InChI is InChI=1S/C16H16N4O4S/c17-25(22,23)14-5-2-12(3-6-14)10-18-16(21)15-7-4-13(24-15)11-20-9-1-8-19-20/h1-9H,10-11H2,(H,18,21)(H2,17,22,23). The number of carbonyl (C=O) groups is 1. The van der Waals surface area contributed by atoms with Crippen LogP contribution in [0, 0.1) is 0 Å². The number of benzene rings is 1. The lowest BCUT2D eigenvalue weighted by Gasteiger charge is -2.05. The number of aromatic nitrogens is 2. The normalized spacial score (nSPS) is 11.4. The highest BCUT2D eigenvalue weighted by Gasteiger charge is 2.12. The van der Waals surface area contributed by atoms with E-state index in [1.807, 2.05) is 0 Å². The molecule has 0 aliphatic rings. The molecule has 0 radical (unpaired) electrons. The first-order valence-electron chi connectivity index (χ1n) is 7.38. The second-order valence-electron chi connectivity index (χ2n) is 5.34. The molecule has 0 fully saturated rings. The quantitative estimate of drug-likeness (QED) is 0.682. The molecule has 9 heteroatoms. The number of rotatable bonds is 6. The SMILES string of the molecule is NS(=O)(=O)c1ccc(CNC(=O)c2ccc(Cn3cccn3)o2)cc1. The number of amides is 1. The minimum Gasteiger partial charge on any atom is -0.454 e. The fraction of sp³-hybridized carbons (Fsp3) is 0.125. The number of furan rings is 1. The van der Waals surface area contributed by atoms with Crippen molar-refractivity contribution in [1.82, 2.24) is 15.1 Å². The summed E-state index contributed by atoms with van der Waals surface area (Å²) >= 11 is 0. The van der Waals surface area contributed by atoms with Crippen LogP contribution in [-0.4, -0.2) is 24.1 Å². The molecule has 0 bridgehead atoms. The van der Waals surface area contributed by atoms with E-state index in [1.54, 1.807) is 47.4 Å². The Hall–Kier alpha value is -2.91. The average Bonchev–Trinajstić information content (AvgIpc) is 3.24. The van der Waals surface area contributed by atoms with Crippen LogP contribution < -0.4 is 10.5 Å². The molecule has 3 rings (SSSR count). The van der Waals surface area contributed by atoms with E-state index in [4.69, 9.17) is 9.56 Å². The molecule has 1 amide bonds. The Labute approximate surface area is 144 Å². The zero-order valence-electron chi connectivity index (χ0n) is 13.1. The zero-order chi connectivity index (χ0) is 17.9. The molecule has 1 aromatic carbocycles. The Morgan fingerprint density at radius 1 is 1.20 bits per heavy atom. The van der Waals surface area contributed by atoms with Crippen molar-refractivity contribution in [1.29, 1.82) is 0 Å². The van der Waals surface area contributed by atoms with Gasteiger partial charge in [-0.2, -0.15) is 5.10 Å². The number of nitrogens with zero attached hydrogens (tertiary/aromatic N) is 2. The molecule has 130 valence electrons. The average molecular weight is 360 g/mol. The van der Waals surface area contributed by atoms with Gasteiger partial charge in [0, 0.05) is 18.9 Å². The van der Waals surface area contributed by atoms with Gasteiger partial charge in [0.1, 0.15) is 5.76 Å². The van der Waals surface area contributed by atoms with Gasteiger partial charge in [0.2, 0.25) is 10.0 Å². The maximum Gasteiger partial charge on any atom is 0.287 e. The Morgan fingerprint density at radius 2 is 1.96 bits per heavy atom. The molecule has 3 N–H and O–H groups in total. The molecular weight excluding hydrogens is 344 g/mol. The minimum atomic E-state index is -3.72. The van der Waals surface area contributed by atoms with Gasteiger partial charge in [0.25, 0.3) is 5.91 Å². The molecule has 2 heterocycles.